The molecule has 0 aliphatic carbocycles. The Morgan fingerprint density at radius 3 is 1.35 bits per heavy atom. The number of carbonyl (C=O) groups is 4. The molecule has 0 spiro atoms. The summed E-state index contributed by atoms with van der Waals surface area (Å²) >= 11 is 27.3. The molecule has 4 unspecified atom stereocenters. The van der Waals surface area contributed by atoms with Gasteiger partial charge in [-0.2, -0.15) is 0 Å². The second-order valence-corrected chi connectivity index (χ2v) is 25.3. The summed E-state index contributed by atoms with van der Waals surface area (Å²) in [4.78, 5) is 66.1. The Bertz CT molecular complexity index is 3020. The van der Waals surface area contributed by atoms with Gasteiger partial charge >= 0.3 is 5.97 Å². The van der Waals surface area contributed by atoms with Gasteiger partial charge in [0.15, 0.2) is 10.3 Å². The van der Waals surface area contributed by atoms with Crippen LogP contribution >= 0.6 is 69.9 Å². The summed E-state index contributed by atoms with van der Waals surface area (Å²) in [5.74, 6) is -1.02. The molecule has 0 aromatic heterocycles. The normalized spacial score (nSPS) is 24.5. The summed E-state index contributed by atoms with van der Waals surface area (Å²) < 4.78 is 0. The Morgan fingerprint density at radius 1 is 0.600 bits per heavy atom. The molecular formula is C56H62Cl4N8O5S2. The standard InChI is InChI=1S/C28H30Cl2N4O2S.C22H20Cl2N2O2S.C6H12N2O/c1-16(2)22-23(25(36)33-14-21(35)31-27(3,4)15-33)37-26-32-28(5,18-8-12-20(30)13-9-18)24(34(22)26)17-6-10-19(29)11-7-17;1-12(2)17-18(20(27)28)29-21-25-22(3,14-6-10-16(24)11-7-14)19(26(17)21)13-4-8-15(23)9-5-13;1-6(2)4-7-3-5(9)8-6/h6-13,16,24H,14-15H2,1-5H3,(H,31,35);4-12,19H,1-3H3,(H,27,28);7H,3-4H2,1-2H3,(H,8,9). The summed E-state index contributed by atoms with van der Waals surface area (Å²) in [6.07, 6.45) is 0. The van der Waals surface area contributed by atoms with Gasteiger partial charge in [-0.3, -0.25) is 14.4 Å². The fraction of sp³-hybridized carbons (Fsp3) is 0.393. The minimum atomic E-state index is -0.918. The fourth-order valence-corrected chi connectivity index (χ4v) is 13.7. The van der Waals surface area contributed by atoms with Gasteiger partial charge in [0.05, 0.1) is 30.7 Å². The molecular weight excluding hydrogens is 1070 g/mol. The molecule has 4 aromatic rings. The predicted octanol–water partition coefficient (Wildman–Crippen LogP) is 11.8. The van der Waals surface area contributed by atoms with Crippen molar-refractivity contribution in [1.82, 2.24) is 30.7 Å². The van der Waals surface area contributed by atoms with Crippen LogP contribution in [0.15, 0.2) is 128 Å². The highest BCUT2D eigenvalue weighted by Crippen LogP contribution is 2.58. The van der Waals surface area contributed by atoms with Crippen LogP contribution in [0.1, 0.15) is 104 Å². The van der Waals surface area contributed by atoms with Crippen LogP contribution in [0.4, 0.5) is 0 Å². The molecule has 75 heavy (non-hydrogen) atoms. The van der Waals surface area contributed by atoms with Crippen molar-refractivity contribution in [3.05, 3.63) is 161 Å². The SMILES string of the molecule is CC(C)C1=C(C(=O)N2CC(=O)NC(C)(C)C2)SC2=NC(C)(c3ccc(Cl)cc3)C(c3ccc(Cl)cc3)N21.CC(C)C1=C(C(=O)O)SC2=NC(C)(c3ccc(Cl)cc3)C(c3ccc(Cl)cc3)N21.CC1(C)CNCC(=O)N1. The van der Waals surface area contributed by atoms with E-state index < -0.39 is 22.6 Å². The first-order chi connectivity index (χ1) is 35.2. The molecule has 396 valence electrons. The van der Waals surface area contributed by atoms with E-state index in [4.69, 9.17) is 56.4 Å². The Morgan fingerprint density at radius 2 is 0.987 bits per heavy atom. The molecule has 2 fully saturated rings. The number of hydrogen-bond acceptors (Lipinski definition) is 11. The second kappa shape index (κ2) is 21.8. The van der Waals surface area contributed by atoms with Crippen molar-refractivity contribution in [3.8, 4) is 0 Å². The van der Waals surface area contributed by atoms with E-state index >= 15 is 0 Å². The third kappa shape index (κ3) is 11.7. The van der Waals surface area contributed by atoms with Gasteiger partial charge in [0.2, 0.25) is 11.8 Å². The number of amidine groups is 2. The molecule has 0 radical (unpaired) electrons. The molecule has 2 saturated heterocycles. The van der Waals surface area contributed by atoms with Gasteiger partial charge in [-0.05, 0) is 148 Å². The van der Waals surface area contributed by atoms with Crippen molar-refractivity contribution in [2.45, 2.75) is 103 Å². The number of piperazine rings is 2. The van der Waals surface area contributed by atoms with E-state index in [1.165, 1.54) is 23.5 Å². The Kier molecular flexibility index (Phi) is 16.3. The molecule has 0 bridgehead atoms. The Labute approximate surface area is 467 Å². The van der Waals surface area contributed by atoms with Gasteiger partial charge in [0, 0.05) is 50.1 Å². The lowest BCUT2D eigenvalue weighted by Crippen LogP contribution is -2.61. The molecule has 10 rings (SSSR count). The zero-order valence-corrected chi connectivity index (χ0v) is 48.2. The number of carboxylic acids is 1. The third-order valence-electron chi connectivity index (χ3n) is 13.7. The first kappa shape index (κ1) is 56.2. The molecule has 6 aliphatic heterocycles. The van der Waals surface area contributed by atoms with Crippen LogP contribution < -0.4 is 16.0 Å². The molecule has 19 heteroatoms. The molecule has 6 aliphatic rings. The van der Waals surface area contributed by atoms with Crippen molar-refractivity contribution >= 4 is 104 Å². The number of allylic oxidation sites excluding steroid dienone is 2. The number of thioether (sulfide) groups is 2. The molecule has 3 amide bonds. The topological polar surface area (TPSA) is 159 Å². The van der Waals surface area contributed by atoms with Crippen molar-refractivity contribution < 1.29 is 24.3 Å². The number of carboxylic acid groups (broad SMARTS) is 1. The number of nitrogens with zero attached hydrogens (tertiary/aromatic N) is 5. The van der Waals surface area contributed by atoms with E-state index in [0.717, 1.165) is 45.4 Å². The van der Waals surface area contributed by atoms with Gasteiger partial charge in [-0.25, -0.2) is 14.8 Å². The van der Waals surface area contributed by atoms with Gasteiger partial charge in [-0.15, -0.1) is 0 Å². The lowest BCUT2D eigenvalue weighted by atomic mass is 9.81. The highest BCUT2D eigenvalue weighted by atomic mass is 35.5. The number of aliphatic carboxylic acids is 1. The van der Waals surface area contributed by atoms with Crippen LogP contribution in [0.5, 0.6) is 0 Å². The lowest BCUT2D eigenvalue weighted by Gasteiger charge is -2.39. The van der Waals surface area contributed by atoms with Gasteiger partial charge in [0.25, 0.3) is 5.91 Å². The van der Waals surface area contributed by atoms with Crippen molar-refractivity contribution in [3.63, 3.8) is 0 Å². The van der Waals surface area contributed by atoms with Gasteiger partial charge < -0.3 is 35.8 Å². The zero-order chi connectivity index (χ0) is 54.5. The molecule has 0 saturated carbocycles. The van der Waals surface area contributed by atoms with E-state index in [9.17, 15) is 24.3 Å². The van der Waals surface area contributed by atoms with E-state index in [0.29, 0.717) is 48.2 Å². The maximum atomic E-state index is 13.9. The molecule has 4 aromatic carbocycles. The highest BCUT2D eigenvalue weighted by Gasteiger charge is 2.55. The molecule has 4 N–H and O–H groups in total. The van der Waals surface area contributed by atoms with E-state index in [-0.39, 0.29) is 53.7 Å². The number of halogens is 4. The number of benzene rings is 4. The number of aliphatic imine (C=N–C) groups is 2. The van der Waals surface area contributed by atoms with Crippen LogP contribution in [-0.4, -0.2) is 91.1 Å². The van der Waals surface area contributed by atoms with Gasteiger partial charge in [0.1, 0.15) is 20.9 Å². The number of nitrogens with one attached hydrogen (secondary N) is 3. The summed E-state index contributed by atoms with van der Waals surface area (Å²) in [5, 5.41) is 22.7. The summed E-state index contributed by atoms with van der Waals surface area (Å²) in [6, 6.07) is 30.6. The third-order valence-corrected chi connectivity index (χ3v) is 16.9. The summed E-state index contributed by atoms with van der Waals surface area (Å²) in [5.41, 5.74) is 4.06. The smallest absolute Gasteiger partial charge is 0.344 e. The second-order valence-electron chi connectivity index (χ2n) is 21.6. The van der Waals surface area contributed by atoms with E-state index in [1.807, 2.05) is 139 Å². The van der Waals surface area contributed by atoms with Crippen LogP contribution in [0.25, 0.3) is 0 Å². The average Bonchev–Trinajstić information content (AvgIpc) is 4.04. The zero-order valence-electron chi connectivity index (χ0n) is 43.5. The first-order valence-electron chi connectivity index (χ1n) is 24.7. The van der Waals surface area contributed by atoms with Crippen molar-refractivity contribution in [2.24, 2.45) is 21.8 Å². The number of fused-ring (bicyclic) bond motifs is 2. The van der Waals surface area contributed by atoms with Crippen LogP contribution in [0, 0.1) is 11.8 Å². The maximum absolute atomic E-state index is 13.9. The largest absolute Gasteiger partial charge is 0.477 e. The molecule has 4 atom stereocenters. The van der Waals surface area contributed by atoms with Crippen LogP contribution in [0.2, 0.25) is 20.1 Å². The minimum absolute atomic E-state index is 0.0312. The van der Waals surface area contributed by atoms with Crippen LogP contribution in [0.3, 0.4) is 0 Å². The number of hydrogen-bond donors (Lipinski definition) is 4. The number of carbonyl (C=O) groups excluding carboxylic acids is 3. The lowest BCUT2D eigenvalue weighted by molar-refractivity contribution is -0.138. The fourth-order valence-electron chi connectivity index (χ4n) is 10.5. The molecule has 13 nitrogen and oxygen atoms in total. The number of amides is 3. The monoisotopic (exact) mass is 1130 g/mol. The van der Waals surface area contributed by atoms with Gasteiger partial charge in [-0.1, -0.05) is 123 Å². The Hall–Kier alpha value is -5.00. The quantitative estimate of drug-likeness (QED) is 0.134. The maximum Gasteiger partial charge on any atom is 0.344 e. The summed E-state index contributed by atoms with van der Waals surface area (Å²) in [6.45, 7) is 22.1. The van der Waals surface area contributed by atoms with Crippen molar-refractivity contribution in [2.75, 3.05) is 26.2 Å². The summed E-state index contributed by atoms with van der Waals surface area (Å²) in [7, 11) is 0. The Balaban J connectivity index is 0.000000174. The first-order valence-corrected chi connectivity index (χ1v) is 27.9. The van der Waals surface area contributed by atoms with Crippen molar-refractivity contribution in [1.29, 1.82) is 0 Å². The minimum Gasteiger partial charge on any atom is -0.477 e. The van der Waals surface area contributed by atoms with Crippen LogP contribution in [-0.2, 0) is 30.3 Å². The van der Waals surface area contributed by atoms with E-state index in [1.54, 1.807) is 4.90 Å². The number of rotatable bonds is 8. The average molecular weight is 1130 g/mol. The predicted molar refractivity (Wildman–Crippen MR) is 305 cm³/mol. The van der Waals surface area contributed by atoms with E-state index in [2.05, 4.69) is 53.4 Å². The highest BCUT2D eigenvalue weighted by molar-refractivity contribution is 8.18. The molecule has 6 heterocycles.